The summed E-state index contributed by atoms with van der Waals surface area (Å²) in [6.45, 7) is 0. The molecule has 122 valence electrons. The summed E-state index contributed by atoms with van der Waals surface area (Å²) in [6, 6.07) is 2.31. The maximum atomic E-state index is 13.4. The van der Waals surface area contributed by atoms with Crippen LogP contribution in [0.25, 0.3) is 0 Å². The topological polar surface area (TPSA) is 55.4 Å². The molecule has 0 saturated carbocycles. The van der Waals surface area contributed by atoms with E-state index in [1.165, 1.54) is 7.11 Å². The molecule has 22 heavy (non-hydrogen) atoms. The number of hydrogen-bond acceptors (Lipinski definition) is 5. The fraction of sp³-hybridized carbons (Fsp3) is 0.429. The molecule has 0 unspecified atom stereocenters. The summed E-state index contributed by atoms with van der Waals surface area (Å²) in [4.78, 5) is 23.5. The van der Waals surface area contributed by atoms with Crippen LogP contribution in [0.3, 0.4) is 0 Å². The molecule has 0 aromatic heterocycles. The van der Waals surface area contributed by atoms with E-state index in [-0.39, 0.29) is 10.6 Å². The number of methoxy groups -OCH3 is 1. The smallest absolute Gasteiger partial charge is 0.328 e. The van der Waals surface area contributed by atoms with E-state index in [2.05, 4.69) is 10.1 Å². The average Bonchev–Trinajstić information content (AvgIpc) is 2.51. The third-order valence-electron chi connectivity index (χ3n) is 2.68. The Morgan fingerprint density at radius 1 is 1.36 bits per heavy atom. The lowest BCUT2D eigenvalue weighted by Gasteiger charge is -2.15. The van der Waals surface area contributed by atoms with E-state index >= 15 is 0 Å². The van der Waals surface area contributed by atoms with Crippen LogP contribution in [0.1, 0.15) is 6.42 Å². The molecule has 1 aromatic rings. The number of hydrogen-bond donors (Lipinski definition) is 1. The van der Waals surface area contributed by atoms with Crippen molar-refractivity contribution in [3.05, 3.63) is 29.8 Å². The van der Waals surface area contributed by atoms with Crippen molar-refractivity contribution in [2.45, 2.75) is 17.4 Å². The lowest BCUT2D eigenvalue weighted by Crippen LogP contribution is -2.42. The molecule has 1 rings (SSSR count). The van der Waals surface area contributed by atoms with Gasteiger partial charge in [0.25, 0.3) is 0 Å². The highest BCUT2D eigenvalue weighted by Crippen LogP contribution is 2.22. The summed E-state index contributed by atoms with van der Waals surface area (Å²) in [5, 5.41) is 2.54. The summed E-state index contributed by atoms with van der Waals surface area (Å²) >= 11 is 2.41. The SMILES string of the molecule is COC(=O)[C@@H](CCSC)NC(=O)CSc1cc(F)ccc1F. The maximum absolute atomic E-state index is 13.4. The molecule has 1 atom stereocenters. The quantitative estimate of drug-likeness (QED) is 0.577. The molecule has 1 aromatic carbocycles. The fourth-order valence-electron chi connectivity index (χ4n) is 1.59. The predicted molar refractivity (Wildman–Crippen MR) is 84.0 cm³/mol. The van der Waals surface area contributed by atoms with Crippen molar-refractivity contribution in [3.63, 3.8) is 0 Å². The van der Waals surface area contributed by atoms with E-state index in [4.69, 9.17) is 0 Å². The molecule has 8 heteroatoms. The van der Waals surface area contributed by atoms with Crippen molar-refractivity contribution in [1.82, 2.24) is 5.32 Å². The number of rotatable bonds is 8. The van der Waals surface area contributed by atoms with Gasteiger partial charge in [0.1, 0.15) is 17.7 Å². The van der Waals surface area contributed by atoms with Crippen molar-refractivity contribution in [1.29, 1.82) is 0 Å². The van der Waals surface area contributed by atoms with Crippen LogP contribution in [0, 0.1) is 11.6 Å². The molecule has 0 bridgehead atoms. The molecule has 0 aliphatic carbocycles. The van der Waals surface area contributed by atoms with E-state index < -0.39 is 29.6 Å². The highest BCUT2D eigenvalue weighted by molar-refractivity contribution is 8.00. The number of thioether (sulfide) groups is 2. The first-order valence-corrected chi connectivity index (χ1v) is 8.79. The third-order valence-corrected chi connectivity index (χ3v) is 4.36. The first-order chi connectivity index (χ1) is 10.5. The first kappa shape index (κ1) is 18.8. The number of esters is 1. The minimum Gasteiger partial charge on any atom is -0.467 e. The fourth-order valence-corrected chi connectivity index (χ4v) is 2.84. The van der Waals surface area contributed by atoms with Gasteiger partial charge >= 0.3 is 5.97 Å². The van der Waals surface area contributed by atoms with E-state index in [1.807, 2.05) is 6.26 Å². The maximum Gasteiger partial charge on any atom is 0.328 e. The Kier molecular flexibility index (Phi) is 8.26. The molecular weight excluding hydrogens is 332 g/mol. The van der Waals surface area contributed by atoms with Gasteiger partial charge in [-0.3, -0.25) is 4.79 Å². The molecule has 0 saturated heterocycles. The van der Waals surface area contributed by atoms with Gasteiger partial charge < -0.3 is 10.1 Å². The zero-order valence-electron chi connectivity index (χ0n) is 12.2. The normalized spacial score (nSPS) is 11.8. The number of carbonyl (C=O) groups excluding carboxylic acids is 2. The Morgan fingerprint density at radius 3 is 2.73 bits per heavy atom. The van der Waals surface area contributed by atoms with E-state index in [9.17, 15) is 18.4 Å². The van der Waals surface area contributed by atoms with Crippen molar-refractivity contribution in [3.8, 4) is 0 Å². The van der Waals surface area contributed by atoms with Gasteiger partial charge in [-0.2, -0.15) is 11.8 Å². The van der Waals surface area contributed by atoms with Gasteiger partial charge in [0.2, 0.25) is 5.91 Å². The Balaban J connectivity index is 2.56. The molecule has 0 heterocycles. The molecule has 0 fully saturated rings. The molecule has 0 spiro atoms. The van der Waals surface area contributed by atoms with Crippen LogP contribution in [-0.2, 0) is 14.3 Å². The van der Waals surface area contributed by atoms with Gasteiger partial charge in [0, 0.05) is 4.90 Å². The summed E-state index contributed by atoms with van der Waals surface area (Å²) in [6.07, 6.45) is 2.33. The molecule has 1 amide bonds. The zero-order chi connectivity index (χ0) is 16.5. The predicted octanol–water partition coefficient (Wildman–Crippen LogP) is 2.47. The molecule has 1 N–H and O–H groups in total. The number of amides is 1. The van der Waals surface area contributed by atoms with E-state index in [0.717, 1.165) is 30.0 Å². The number of ether oxygens (including phenoxy) is 1. The molecule has 0 aliphatic rings. The average molecular weight is 349 g/mol. The minimum atomic E-state index is -0.733. The molecule has 0 radical (unpaired) electrons. The lowest BCUT2D eigenvalue weighted by molar-refractivity contribution is -0.144. The summed E-state index contributed by atoms with van der Waals surface area (Å²) in [5.41, 5.74) is 0. The van der Waals surface area contributed by atoms with Crippen molar-refractivity contribution in [2.75, 3.05) is 24.9 Å². The van der Waals surface area contributed by atoms with E-state index in [0.29, 0.717) is 12.2 Å². The summed E-state index contributed by atoms with van der Waals surface area (Å²) in [7, 11) is 1.25. The Hall–Kier alpha value is -1.28. The molecule has 4 nitrogen and oxygen atoms in total. The van der Waals surface area contributed by atoms with Crippen LogP contribution < -0.4 is 5.32 Å². The highest BCUT2D eigenvalue weighted by Gasteiger charge is 2.21. The molecular formula is C14H17F2NO3S2. The molecule has 0 aliphatic heterocycles. The first-order valence-electron chi connectivity index (χ1n) is 6.42. The lowest BCUT2D eigenvalue weighted by atomic mass is 10.2. The van der Waals surface area contributed by atoms with Crippen LogP contribution in [0.5, 0.6) is 0 Å². The summed E-state index contributed by atoms with van der Waals surface area (Å²) in [5.74, 6) is -1.56. The second-order valence-corrected chi connectivity index (χ2v) is 6.29. The number of benzene rings is 1. The standard InChI is InChI=1S/C14H17F2NO3S2/c1-20-14(19)11(5-6-21-2)17-13(18)8-22-12-7-9(15)3-4-10(12)16/h3-4,7,11H,5-6,8H2,1-2H3,(H,17,18)/t11-/m1/s1. The monoisotopic (exact) mass is 349 g/mol. The Labute approximate surface area is 136 Å². The van der Waals surface area contributed by atoms with Gasteiger partial charge in [-0.25, -0.2) is 13.6 Å². The van der Waals surface area contributed by atoms with Gasteiger partial charge in [-0.05, 0) is 36.6 Å². The van der Waals surface area contributed by atoms with E-state index in [1.54, 1.807) is 11.8 Å². The van der Waals surface area contributed by atoms with Crippen molar-refractivity contribution >= 4 is 35.4 Å². The van der Waals surface area contributed by atoms with Gasteiger partial charge in [-0.1, -0.05) is 0 Å². The van der Waals surface area contributed by atoms with Crippen LogP contribution in [-0.4, -0.2) is 42.8 Å². The number of halogens is 2. The van der Waals surface area contributed by atoms with Crippen LogP contribution >= 0.6 is 23.5 Å². The third kappa shape index (κ3) is 6.23. The van der Waals surface area contributed by atoms with Gasteiger partial charge in [0.15, 0.2) is 0 Å². The zero-order valence-corrected chi connectivity index (χ0v) is 13.9. The minimum absolute atomic E-state index is 0.0499. The second-order valence-electron chi connectivity index (χ2n) is 4.29. The van der Waals surface area contributed by atoms with Crippen molar-refractivity contribution in [2.24, 2.45) is 0 Å². The summed E-state index contributed by atoms with van der Waals surface area (Å²) < 4.78 is 31.1. The van der Waals surface area contributed by atoms with Gasteiger partial charge in [-0.15, -0.1) is 11.8 Å². The number of nitrogens with one attached hydrogen (secondary N) is 1. The number of carbonyl (C=O) groups is 2. The Bertz CT molecular complexity index is 529. The van der Waals surface area contributed by atoms with Gasteiger partial charge in [0.05, 0.1) is 12.9 Å². The highest BCUT2D eigenvalue weighted by atomic mass is 32.2. The largest absolute Gasteiger partial charge is 0.467 e. The second kappa shape index (κ2) is 9.68. The van der Waals surface area contributed by atoms with Crippen molar-refractivity contribution < 1.29 is 23.1 Å². The van der Waals surface area contributed by atoms with Crippen LogP contribution in [0.4, 0.5) is 8.78 Å². The Morgan fingerprint density at radius 2 is 2.09 bits per heavy atom. The van der Waals surface area contributed by atoms with Crippen LogP contribution in [0.15, 0.2) is 23.1 Å². The van der Waals surface area contributed by atoms with Crippen LogP contribution in [0.2, 0.25) is 0 Å².